The molecule has 0 bridgehead atoms. The van der Waals surface area contributed by atoms with E-state index < -0.39 is 5.60 Å². The van der Waals surface area contributed by atoms with Crippen molar-refractivity contribution in [3.8, 4) is 5.69 Å². The minimum absolute atomic E-state index is 0.512. The van der Waals surface area contributed by atoms with Crippen molar-refractivity contribution in [2.45, 2.75) is 25.0 Å². The van der Waals surface area contributed by atoms with Gasteiger partial charge >= 0.3 is 0 Å². The van der Waals surface area contributed by atoms with Gasteiger partial charge in [0.25, 0.3) is 0 Å². The zero-order chi connectivity index (χ0) is 16.4. The first-order chi connectivity index (χ1) is 11.7. The van der Waals surface area contributed by atoms with Crippen LogP contribution in [0.2, 0.25) is 0 Å². The molecular weight excluding hydrogens is 306 g/mol. The van der Waals surface area contributed by atoms with Gasteiger partial charge in [0.05, 0.1) is 23.8 Å². The summed E-state index contributed by atoms with van der Waals surface area (Å²) in [6.45, 7) is 2.07. The molecule has 1 saturated heterocycles. The Morgan fingerprint density at radius 3 is 2.88 bits per heavy atom. The van der Waals surface area contributed by atoms with Crippen molar-refractivity contribution in [3.05, 3.63) is 54.1 Å². The topological polar surface area (TPSA) is 95.8 Å². The fourth-order valence-corrected chi connectivity index (χ4v) is 3.17. The second-order valence-corrected chi connectivity index (χ2v) is 6.16. The standard InChI is InChI=1S/C16H19N7O/c24-16(15-10-17-21-19-15)7-4-8-22(12-16)11-13-9-18-23(20-13)14-5-2-1-3-6-14/h1-3,5-6,9-10,24H,4,7-8,11-12H2,(H,17,19,21)/t16-/m1/s1. The van der Waals surface area contributed by atoms with Crippen molar-refractivity contribution < 1.29 is 5.11 Å². The van der Waals surface area contributed by atoms with Crippen LogP contribution in [0, 0.1) is 0 Å². The van der Waals surface area contributed by atoms with E-state index in [4.69, 9.17) is 0 Å². The average Bonchev–Trinajstić information content (AvgIpc) is 3.28. The van der Waals surface area contributed by atoms with Crippen molar-refractivity contribution in [2.75, 3.05) is 13.1 Å². The normalized spacial score (nSPS) is 21.9. The Bertz CT molecular complexity index is 786. The lowest BCUT2D eigenvalue weighted by Crippen LogP contribution is -2.46. The highest BCUT2D eigenvalue weighted by atomic mass is 16.3. The maximum Gasteiger partial charge on any atom is 0.123 e. The third kappa shape index (κ3) is 2.93. The number of aromatic nitrogens is 6. The molecule has 1 fully saturated rings. The van der Waals surface area contributed by atoms with Crippen molar-refractivity contribution in [2.24, 2.45) is 0 Å². The van der Waals surface area contributed by atoms with Gasteiger partial charge in [-0.05, 0) is 31.5 Å². The Hall–Kier alpha value is -2.58. The number of aromatic amines is 1. The zero-order valence-electron chi connectivity index (χ0n) is 13.2. The summed E-state index contributed by atoms with van der Waals surface area (Å²) in [6.07, 6.45) is 4.95. The lowest BCUT2D eigenvalue weighted by Gasteiger charge is -2.37. The lowest BCUT2D eigenvalue weighted by atomic mass is 9.90. The number of para-hydroxylation sites is 1. The van der Waals surface area contributed by atoms with Crippen LogP contribution < -0.4 is 0 Å². The molecule has 3 heterocycles. The number of nitrogens with zero attached hydrogens (tertiary/aromatic N) is 6. The lowest BCUT2D eigenvalue weighted by molar-refractivity contribution is -0.0417. The fraction of sp³-hybridized carbons (Fsp3) is 0.375. The van der Waals surface area contributed by atoms with E-state index in [-0.39, 0.29) is 0 Å². The van der Waals surface area contributed by atoms with Crippen LogP contribution in [-0.4, -0.2) is 53.5 Å². The number of benzene rings is 1. The zero-order valence-corrected chi connectivity index (χ0v) is 13.2. The predicted molar refractivity (Wildman–Crippen MR) is 86.1 cm³/mol. The number of H-pyrrole nitrogens is 1. The molecule has 0 saturated carbocycles. The van der Waals surface area contributed by atoms with Crippen LogP contribution in [0.4, 0.5) is 0 Å². The van der Waals surface area contributed by atoms with Crippen LogP contribution in [0.5, 0.6) is 0 Å². The van der Waals surface area contributed by atoms with Crippen molar-refractivity contribution in [1.82, 2.24) is 35.3 Å². The number of likely N-dealkylation sites (tertiary alicyclic amines) is 1. The summed E-state index contributed by atoms with van der Waals surface area (Å²) in [7, 11) is 0. The Morgan fingerprint density at radius 2 is 2.08 bits per heavy atom. The van der Waals surface area contributed by atoms with E-state index in [0.29, 0.717) is 25.2 Å². The van der Waals surface area contributed by atoms with E-state index in [2.05, 4.69) is 30.5 Å². The minimum atomic E-state index is -0.958. The number of rotatable bonds is 4. The molecule has 8 heteroatoms. The van der Waals surface area contributed by atoms with Crippen LogP contribution in [0.3, 0.4) is 0 Å². The van der Waals surface area contributed by atoms with E-state index >= 15 is 0 Å². The van der Waals surface area contributed by atoms with E-state index in [1.165, 1.54) is 0 Å². The van der Waals surface area contributed by atoms with Gasteiger partial charge in [-0.3, -0.25) is 4.90 Å². The summed E-state index contributed by atoms with van der Waals surface area (Å²) in [4.78, 5) is 3.81. The molecule has 1 atom stereocenters. The maximum atomic E-state index is 10.9. The largest absolute Gasteiger partial charge is 0.382 e. The molecule has 8 nitrogen and oxygen atoms in total. The number of hydrogen-bond donors (Lipinski definition) is 2. The molecule has 1 aliphatic rings. The summed E-state index contributed by atoms with van der Waals surface area (Å²) in [5, 5.41) is 30.2. The molecule has 24 heavy (non-hydrogen) atoms. The molecule has 0 spiro atoms. The average molecular weight is 325 g/mol. The number of piperidine rings is 1. The molecule has 3 aromatic rings. The smallest absolute Gasteiger partial charge is 0.123 e. The van der Waals surface area contributed by atoms with Crippen molar-refractivity contribution in [3.63, 3.8) is 0 Å². The molecule has 0 aliphatic carbocycles. The molecule has 2 aromatic heterocycles. The number of hydrogen-bond acceptors (Lipinski definition) is 6. The second-order valence-electron chi connectivity index (χ2n) is 6.16. The molecule has 2 N–H and O–H groups in total. The molecule has 0 amide bonds. The van der Waals surface area contributed by atoms with Gasteiger partial charge in [-0.2, -0.15) is 30.4 Å². The van der Waals surface area contributed by atoms with Crippen LogP contribution in [0.1, 0.15) is 24.2 Å². The minimum Gasteiger partial charge on any atom is -0.382 e. The van der Waals surface area contributed by atoms with Gasteiger partial charge in [-0.15, -0.1) is 0 Å². The van der Waals surface area contributed by atoms with Crippen LogP contribution in [0.25, 0.3) is 5.69 Å². The molecule has 0 radical (unpaired) electrons. The quantitative estimate of drug-likeness (QED) is 0.739. The predicted octanol–water partition coefficient (Wildman–Crippen LogP) is 0.869. The Morgan fingerprint density at radius 1 is 1.21 bits per heavy atom. The number of aliphatic hydroxyl groups is 1. The van der Waals surface area contributed by atoms with Crippen molar-refractivity contribution >= 4 is 0 Å². The van der Waals surface area contributed by atoms with Gasteiger partial charge in [-0.1, -0.05) is 18.2 Å². The summed E-state index contributed by atoms with van der Waals surface area (Å²) >= 11 is 0. The van der Waals surface area contributed by atoms with Crippen molar-refractivity contribution in [1.29, 1.82) is 0 Å². The van der Waals surface area contributed by atoms with E-state index in [9.17, 15) is 5.11 Å². The molecule has 0 unspecified atom stereocenters. The first-order valence-corrected chi connectivity index (χ1v) is 8.01. The fourth-order valence-electron chi connectivity index (χ4n) is 3.17. The summed E-state index contributed by atoms with van der Waals surface area (Å²) in [5.41, 5.74) is 1.45. The number of nitrogens with one attached hydrogen (secondary N) is 1. The molecular formula is C16H19N7O. The van der Waals surface area contributed by atoms with Gasteiger partial charge in [0, 0.05) is 13.1 Å². The number of β-amino-alcohol motifs (C(OH)–C–C–N with tert-alkyl or cyclic N) is 1. The highest BCUT2D eigenvalue weighted by molar-refractivity contribution is 5.28. The third-order valence-corrected chi connectivity index (χ3v) is 4.35. The maximum absolute atomic E-state index is 10.9. The summed E-state index contributed by atoms with van der Waals surface area (Å²) in [6, 6.07) is 9.82. The highest BCUT2D eigenvalue weighted by Gasteiger charge is 2.37. The Balaban J connectivity index is 1.47. The summed E-state index contributed by atoms with van der Waals surface area (Å²) in [5.74, 6) is 0. The first kappa shape index (κ1) is 15.0. The molecule has 4 rings (SSSR count). The van der Waals surface area contributed by atoms with E-state index in [1.54, 1.807) is 17.2 Å². The molecule has 1 aromatic carbocycles. The van der Waals surface area contributed by atoms with Gasteiger partial charge in [0.2, 0.25) is 0 Å². The van der Waals surface area contributed by atoms with Crippen LogP contribution in [-0.2, 0) is 12.1 Å². The molecule has 124 valence electrons. The van der Waals surface area contributed by atoms with Gasteiger partial charge in [-0.25, -0.2) is 0 Å². The van der Waals surface area contributed by atoms with Crippen LogP contribution >= 0.6 is 0 Å². The molecule has 1 aliphatic heterocycles. The summed E-state index contributed by atoms with van der Waals surface area (Å²) < 4.78 is 0. The van der Waals surface area contributed by atoms with E-state index in [1.807, 2.05) is 30.3 Å². The second kappa shape index (κ2) is 6.14. The highest BCUT2D eigenvalue weighted by Crippen LogP contribution is 2.30. The van der Waals surface area contributed by atoms with Gasteiger partial charge in [0.15, 0.2) is 0 Å². The van der Waals surface area contributed by atoms with E-state index in [0.717, 1.165) is 24.3 Å². The Labute approximate surface area is 139 Å². The monoisotopic (exact) mass is 325 g/mol. The van der Waals surface area contributed by atoms with Gasteiger partial charge < -0.3 is 5.11 Å². The van der Waals surface area contributed by atoms with Crippen LogP contribution in [0.15, 0.2) is 42.7 Å². The van der Waals surface area contributed by atoms with Gasteiger partial charge in [0.1, 0.15) is 11.3 Å². The third-order valence-electron chi connectivity index (χ3n) is 4.35. The SMILES string of the molecule is O[C@]1(c2cn[nH]n2)CCCN(Cc2cnn(-c3ccccc3)n2)C1. The Kier molecular flexibility index (Phi) is 3.83. The first-order valence-electron chi connectivity index (χ1n) is 8.01.